The Morgan fingerprint density at radius 1 is 1.08 bits per heavy atom. The third-order valence-electron chi connectivity index (χ3n) is 3.95. The van der Waals surface area contributed by atoms with Crippen molar-refractivity contribution in [3.05, 3.63) is 65.7 Å². The molecule has 0 saturated heterocycles. The molecule has 1 N–H and O–H groups in total. The van der Waals surface area contributed by atoms with Gasteiger partial charge in [0.25, 0.3) is 5.91 Å². The Hall–Kier alpha value is -2.92. The normalized spacial score (nSPS) is 10.9. The lowest BCUT2D eigenvalue weighted by Gasteiger charge is -2.11. The predicted octanol–water partition coefficient (Wildman–Crippen LogP) is 4.71. The van der Waals surface area contributed by atoms with Crippen LogP contribution in [0.4, 0.5) is 5.69 Å². The van der Waals surface area contributed by atoms with Crippen molar-refractivity contribution < 1.29 is 9.53 Å². The maximum atomic E-state index is 12.6. The Kier molecular flexibility index (Phi) is 3.63. The van der Waals surface area contributed by atoms with E-state index < -0.39 is 0 Å². The maximum Gasteiger partial charge on any atom is 0.255 e. The number of thiazole rings is 1. The predicted molar refractivity (Wildman–Crippen MR) is 98.1 cm³/mol. The molecule has 4 aromatic rings. The largest absolute Gasteiger partial charge is 0.496 e. The monoisotopic (exact) mass is 334 g/mol. The van der Waals surface area contributed by atoms with Crippen molar-refractivity contribution in [1.29, 1.82) is 0 Å². The average Bonchev–Trinajstić information content (AvgIpc) is 3.09. The lowest BCUT2D eigenvalue weighted by molar-refractivity contribution is 0.102. The number of hydrogen-bond donors (Lipinski definition) is 1. The molecule has 5 heteroatoms. The molecule has 0 spiro atoms. The topological polar surface area (TPSA) is 51.2 Å². The Bertz CT molecular complexity index is 1060. The summed E-state index contributed by atoms with van der Waals surface area (Å²) in [5.74, 6) is 0.648. The van der Waals surface area contributed by atoms with Crippen molar-refractivity contribution in [2.75, 3.05) is 12.4 Å². The molecule has 4 nitrogen and oxygen atoms in total. The zero-order valence-electron chi connectivity index (χ0n) is 12.9. The first-order chi connectivity index (χ1) is 11.8. The van der Waals surface area contributed by atoms with E-state index in [2.05, 4.69) is 10.3 Å². The van der Waals surface area contributed by atoms with Crippen LogP contribution in [-0.2, 0) is 0 Å². The van der Waals surface area contributed by atoms with E-state index in [9.17, 15) is 4.79 Å². The third kappa shape index (κ3) is 2.49. The minimum atomic E-state index is -0.138. The second-order valence-electron chi connectivity index (χ2n) is 5.35. The molecule has 24 heavy (non-hydrogen) atoms. The van der Waals surface area contributed by atoms with Crippen LogP contribution in [-0.4, -0.2) is 18.0 Å². The summed E-state index contributed by atoms with van der Waals surface area (Å²) < 4.78 is 6.40. The van der Waals surface area contributed by atoms with Crippen molar-refractivity contribution in [3.8, 4) is 5.75 Å². The van der Waals surface area contributed by atoms with E-state index in [0.717, 1.165) is 32.4 Å². The Morgan fingerprint density at radius 3 is 2.75 bits per heavy atom. The molecule has 4 rings (SSSR count). The van der Waals surface area contributed by atoms with E-state index in [0.29, 0.717) is 5.56 Å². The van der Waals surface area contributed by atoms with Crippen LogP contribution in [0.5, 0.6) is 5.75 Å². The smallest absolute Gasteiger partial charge is 0.255 e. The van der Waals surface area contributed by atoms with Gasteiger partial charge in [0.05, 0.1) is 22.8 Å². The number of rotatable bonds is 3. The minimum absolute atomic E-state index is 0.138. The molecule has 0 bridgehead atoms. The van der Waals surface area contributed by atoms with Crippen LogP contribution in [0.15, 0.2) is 60.1 Å². The first-order valence-electron chi connectivity index (χ1n) is 7.46. The summed E-state index contributed by atoms with van der Waals surface area (Å²) in [7, 11) is 1.64. The highest BCUT2D eigenvalue weighted by molar-refractivity contribution is 7.16. The first-order valence-corrected chi connectivity index (χ1v) is 8.34. The number of amides is 1. The SMILES string of the molecule is COc1ccc(NC(=O)c2ccc3ncsc3c2)c2ccccc12. The number of carbonyl (C=O) groups is 1. The zero-order chi connectivity index (χ0) is 16.5. The van der Waals surface area contributed by atoms with Gasteiger partial charge in [-0.2, -0.15) is 0 Å². The molecule has 0 aliphatic carbocycles. The molecule has 0 saturated carbocycles. The lowest BCUT2D eigenvalue weighted by atomic mass is 10.1. The van der Waals surface area contributed by atoms with Crippen LogP contribution >= 0.6 is 11.3 Å². The molecule has 0 aliphatic heterocycles. The summed E-state index contributed by atoms with van der Waals surface area (Å²) in [5.41, 5.74) is 4.07. The van der Waals surface area contributed by atoms with Crippen molar-refractivity contribution >= 4 is 43.9 Å². The van der Waals surface area contributed by atoms with E-state index in [1.54, 1.807) is 18.7 Å². The molecule has 0 radical (unpaired) electrons. The van der Waals surface area contributed by atoms with Crippen molar-refractivity contribution in [3.63, 3.8) is 0 Å². The average molecular weight is 334 g/mol. The molecule has 1 amide bonds. The van der Waals surface area contributed by atoms with Gasteiger partial charge in [-0.3, -0.25) is 4.79 Å². The molecule has 1 heterocycles. The number of methoxy groups -OCH3 is 1. The van der Waals surface area contributed by atoms with Gasteiger partial charge >= 0.3 is 0 Å². The number of anilines is 1. The quantitative estimate of drug-likeness (QED) is 0.590. The van der Waals surface area contributed by atoms with Crippen molar-refractivity contribution in [2.45, 2.75) is 0 Å². The van der Waals surface area contributed by atoms with Crippen molar-refractivity contribution in [1.82, 2.24) is 4.98 Å². The summed E-state index contributed by atoms with van der Waals surface area (Å²) in [6.45, 7) is 0. The number of benzene rings is 3. The maximum absolute atomic E-state index is 12.6. The number of carbonyl (C=O) groups excluding carboxylic acids is 1. The fourth-order valence-corrected chi connectivity index (χ4v) is 3.47. The Balaban J connectivity index is 1.72. The van der Waals surface area contributed by atoms with Gasteiger partial charge in [0.1, 0.15) is 5.75 Å². The standard InChI is InChI=1S/C19H14N2O2S/c1-23-17-9-8-15(13-4-2-3-5-14(13)17)21-19(22)12-6-7-16-18(10-12)24-11-20-16/h2-11H,1H3,(H,21,22). The van der Waals surface area contributed by atoms with Gasteiger partial charge in [-0.05, 0) is 30.3 Å². The van der Waals surface area contributed by atoms with E-state index in [1.807, 2.05) is 48.5 Å². The number of nitrogens with zero attached hydrogens (tertiary/aromatic N) is 1. The second-order valence-corrected chi connectivity index (χ2v) is 6.24. The highest BCUT2D eigenvalue weighted by Gasteiger charge is 2.11. The zero-order valence-corrected chi connectivity index (χ0v) is 13.8. The van der Waals surface area contributed by atoms with E-state index in [-0.39, 0.29) is 5.91 Å². The molecule has 0 atom stereocenters. The molecule has 0 aliphatic rings. The number of aromatic nitrogens is 1. The van der Waals surface area contributed by atoms with Gasteiger partial charge in [0, 0.05) is 22.0 Å². The lowest BCUT2D eigenvalue weighted by Crippen LogP contribution is -2.12. The molecule has 118 valence electrons. The fraction of sp³-hybridized carbons (Fsp3) is 0.0526. The molecule has 3 aromatic carbocycles. The molecular weight excluding hydrogens is 320 g/mol. The molecule has 0 unspecified atom stereocenters. The number of ether oxygens (including phenoxy) is 1. The van der Waals surface area contributed by atoms with Crippen LogP contribution in [0.1, 0.15) is 10.4 Å². The fourth-order valence-electron chi connectivity index (χ4n) is 2.75. The van der Waals surface area contributed by atoms with Gasteiger partial charge in [-0.25, -0.2) is 4.98 Å². The van der Waals surface area contributed by atoms with Gasteiger partial charge in [-0.1, -0.05) is 24.3 Å². The molecular formula is C19H14N2O2S. The molecule has 1 aromatic heterocycles. The van der Waals surface area contributed by atoms with Gasteiger partial charge in [0.2, 0.25) is 0 Å². The Labute approximate surface area is 142 Å². The summed E-state index contributed by atoms with van der Waals surface area (Å²) in [4.78, 5) is 16.9. The van der Waals surface area contributed by atoms with Gasteiger partial charge < -0.3 is 10.1 Å². The number of nitrogens with one attached hydrogen (secondary N) is 1. The summed E-state index contributed by atoms with van der Waals surface area (Å²) in [6.07, 6.45) is 0. The van der Waals surface area contributed by atoms with E-state index >= 15 is 0 Å². The Morgan fingerprint density at radius 2 is 1.92 bits per heavy atom. The van der Waals surface area contributed by atoms with E-state index in [1.165, 1.54) is 11.3 Å². The highest BCUT2D eigenvalue weighted by atomic mass is 32.1. The minimum Gasteiger partial charge on any atom is -0.496 e. The van der Waals surface area contributed by atoms with Crippen LogP contribution in [0.2, 0.25) is 0 Å². The summed E-state index contributed by atoms with van der Waals surface area (Å²) >= 11 is 1.53. The van der Waals surface area contributed by atoms with Crippen LogP contribution in [0.3, 0.4) is 0 Å². The highest BCUT2D eigenvalue weighted by Crippen LogP contribution is 2.31. The van der Waals surface area contributed by atoms with E-state index in [4.69, 9.17) is 4.74 Å². The van der Waals surface area contributed by atoms with Crippen molar-refractivity contribution in [2.24, 2.45) is 0 Å². The summed E-state index contributed by atoms with van der Waals surface area (Å²) in [6, 6.07) is 17.1. The van der Waals surface area contributed by atoms with Gasteiger partial charge in [0.15, 0.2) is 0 Å². The third-order valence-corrected chi connectivity index (χ3v) is 4.74. The number of fused-ring (bicyclic) bond motifs is 2. The summed E-state index contributed by atoms with van der Waals surface area (Å²) in [5, 5.41) is 4.92. The van der Waals surface area contributed by atoms with Gasteiger partial charge in [-0.15, -0.1) is 11.3 Å². The second kappa shape index (κ2) is 5.94. The molecule has 0 fully saturated rings. The number of hydrogen-bond acceptors (Lipinski definition) is 4. The van der Waals surface area contributed by atoms with Crippen LogP contribution in [0.25, 0.3) is 21.0 Å². The van der Waals surface area contributed by atoms with Crippen LogP contribution in [0, 0.1) is 0 Å². The van der Waals surface area contributed by atoms with Crippen LogP contribution < -0.4 is 10.1 Å². The first kappa shape index (κ1) is 14.7.